The molecule has 1 aliphatic rings. The van der Waals surface area contributed by atoms with Gasteiger partial charge in [0.25, 0.3) is 0 Å². The maximum atomic E-state index is 13.4. The van der Waals surface area contributed by atoms with E-state index in [1.165, 1.54) is 30.7 Å². The molecule has 0 bridgehead atoms. The average molecular weight is 351 g/mol. The smallest absolute Gasteiger partial charge is 0.428 e. The number of alkyl halides is 3. The molecule has 2 heterocycles. The van der Waals surface area contributed by atoms with E-state index < -0.39 is 17.8 Å². The van der Waals surface area contributed by atoms with Gasteiger partial charge in [-0.05, 0) is 12.1 Å². The van der Waals surface area contributed by atoms with Crippen molar-refractivity contribution in [2.45, 2.75) is 12.7 Å². The lowest BCUT2D eigenvalue weighted by Gasteiger charge is -2.18. The van der Waals surface area contributed by atoms with Crippen molar-refractivity contribution in [1.29, 1.82) is 0 Å². The summed E-state index contributed by atoms with van der Waals surface area (Å²) >= 11 is 0. The Morgan fingerprint density at radius 3 is 2.76 bits per heavy atom. The minimum Gasteiger partial charge on any atom is -0.442 e. The Morgan fingerprint density at radius 1 is 1.28 bits per heavy atom. The van der Waals surface area contributed by atoms with E-state index >= 15 is 0 Å². The highest BCUT2D eigenvalue weighted by atomic mass is 19.4. The Balaban J connectivity index is 1.87. The Kier molecular flexibility index (Phi) is 4.50. The van der Waals surface area contributed by atoms with Crippen molar-refractivity contribution >= 4 is 17.5 Å². The number of halogens is 3. The van der Waals surface area contributed by atoms with Crippen LogP contribution in [-0.2, 0) is 17.5 Å². The highest BCUT2D eigenvalue weighted by Crippen LogP contribution is 2.36. The maximum Gasteiger partial charge on any atom is 0.428 e. The number of amides is 1. The Hall–Kier alpha value is -3.17. The lowest BCUT2D eigenvalue weighted by molar-refractivity contribution is -0.137. The molecule has 0 spiro atoms. The van der Waals surface area contributed by atoms with E-state index in [4.69, 9.17) is 4.74 Å². The van der Waals surface area contributed by atoms with Crippen molar-refractivity contribution < 1.29 is 22.7 Å². The maximum absolute atomic E-state index is 13.4. The molecule has 1 aromatic heterocycles. The predicted octanol–water partition coefficient (Wildman–Crippen LogP) is 2.55. The minimum absolute atomic E-state index is 0.0936. The SMILES string of the molecule is O=C1NN=C(c2ccc(NCc3cnccn3)c(C(F)(F)F)c2)CO1. The first-order valence-electron chi connectivity index (χ1n) is 7.13. The first-order chi connectivity index (χ1) is 11.9. The minimum atomic E-state index is -4.57. The van der Waals surface area contributed by atoms with Gasteiger partial charge >= 0.3 is 12.3 Å². The summed E-state index contributed by atoms with van der Waals surface area (Å²) in [5, 5.41) is 6.42. The molecule has 1 aromatic carbocycles. The molecule has 10 heteroatoms. The molecular weight excluding hydrogens is 339 g/mol. The van der Waals surface area contributed by atoms with Crippen LogP contribution in [0.4, 0.5) is 23.7 Å². The van der Waals surface area contributed by atoms with E-state index in [1.807, 2.05) is 0 Å². The number of ether oxygens (including phenoxy) is 1. The quantitative estimate of drug-likeness (QED) is 0.884. The lowest BCUT2D eigenvalue weighted by atomic mass is 10.0. The highest BCUT2D eigenvalue weighted by molar-refractivity contribution is 6.04. The molecule has 3 rings (SSSR count). The number of hydrazone groups is 1. The lowest BCUT2D eigenvalue weighted by Crippen LogP contribution is -2.30. The van der Waals surface area contributed by atoms with Gasteiger partial charge in [-0.15, -0.1) is 0 Å². The third-order valence-corrected chi connectivity index (χ3v) is 3.36. The van der Waals surface area contributed by atoms with Gasteiger partial charge in [0.1, 0.15) is 12.3 Å². The number of nitrogens with zero attached hydrogens (tertiary/aromatic N) is 3. The number of nitrogens with one attached hydrogen (secondary N) is 2. The van der Waals surface area contributed by atoms with Crippen molar-refractivity contribution in [2.24, 2.45) is 5.10 Å². The van der Waals surface area contributed by atoms with Crippen LogP contribution in [0.3, 0.4) is 0 Å². The van der Waals surface area contributed by atoms with Gasteiger partial charge in [-0.3, -0.25) is 9.97 Å². The Morgan fingerprint density at radius 2 is 2.12 bits per heavy atom. The second-order valence-corrected chi connectivity index (χ2v) is 5.05. The monoisotopic (exact) mass is 351 g/mol. The molecule has 2 aromatic rings. The van der Waals surface area contributed by atoms with Crippen molar-refractivity contribution in [3.63, 3.8) is 0 Å². The largest absolute Gasteiger partial charge is 0.442 e. The van der Waals surface area contributed by atoms with Crippen LogP contribution in [0, 0.1) is 0 Å². The molecule has 0 aliphatic carbocycles. The van der Waals surface area contributed by atoms with Crippen LogP contribution in [-0.4, -0.2) is 28.4 Å². The molecule has 0 radical (unpaired) electrons. The third-order valence-electron chi connectivity index (χ3n) is 3.36. The van der Waals surface area contributed by atoms with Gasteiger partial charge in [0.05, 0.1) is 24.0 Å². The predicted molar refractivity (Wildman–Crippen MR) is 81.8 cm³/mol. The van der Waals surface area contributed by atoms with E-state index in [2.05, 4.69) is 25.8 Å². The van der Waals surface area contributed by atoms with Gasteiger partial charge in [-0.2, -0.15) is 18.3 Å². The van der Waals surface area contributed by atoms with Gasteiger partial charge in [0.15, 0.2) is 0 Å². The molecule has 1 amide bonds. The standard InChI is InChI=1S/C15H12F3N5O2/c16-15(17,18)11-5-9(13-8-25-14(24)23-22-13)1-2-12(11)21-7-10-6-19-3-4-20-10/h1-6,21H,7-8H2,(H,23,24). The van der Waals surface area contributed by atoms with Crippen molar-refractivity contribution in [2.75, 3.05) is 11.9 Å². The molecule has 0 fully saturated rings. The van der Waals surface area contributed by atoms with Gasteiger partial charge in [0, 0.05) is 23.6 Å². The van der Waals surface area contributed by atoms with Crippen molar-refractivity contribution in [1.82, 2.24) is 15.4 Å². The molecular formula is C15H12F3N5O2. The molecule has 7 nitrogen and oxygen atoms in total. The van der Waals surface area contributed by atoms with Gasteiger partial charge in [-0.25, -0.2) is 10.2 Å². The summed E-state index contributed by atoms with van der Waals surface area (Å²) in [4.78, 5) is 18.8. The Labute approximate surface area is 139 Å². The van der Waals surface area contributed by atoms with Crippen LogP contribution in [0.25, 0.3) is 0 Å². The fraction of sp³-hybridized carbons (Fsp3) is 0.200. The zero-order chi connectivity index (χ0) is 17.9. The van der Waals surface area contributed by atoms with E-state index in [1.54, 1.807) is 0 Å². The zero-order valence-corrected chi connectivity index (χ0v) is 12.7. The van der Waals surface area contributed by atoms with E-state index in [0.29, 0.717) is 5.69 Å². The molecule has 130 valence electrons. The number of anilines is 1. The number of carbonyl (C=O) groups excluding carboxylic acids is 1. The first kappa shape index (κ1) is 16.7. The van der Waals surface area contributed by atoms with E-state index in [9.17, 15) is 18.0 Å². The number of hydrogen-bond donors (Lipinski definition) is 2. The zero-order valence-electron chi connectivity index (χ0n) is 12.7. The summed E-state index contributed by atoms with van der Waals surface area (Å²) in [6.07, 6.45) is -0.918. The van der Waals surface area contributed by atoms with Crippen molar-refractivity contribution in [3.8, 4) is 0 Å². The molecule has 2 N–H and O–H groups in total. The number of benzene rings is 1. The first-order valence-corrected chi connectivity index (χ1v) is 7.13. The fourth-order valence-electron chi connectivity index (χ4n) is 2.18. The normalized spacial score (nSPS) is 14.4. The molecule has 0 unspecified atom stereocenters. The summed E-state index contributed by atoms with van der Waals surface area (Å²) in [5.74, 6) is 0. The van der Waals surface area contributed by atoms with Crippen LogP contribution in [0.2, 0.25) is 0 Å². The molecule has 25 heavy (non-hydrogen) atoms. The summed E-state index contributed by atoms with van der Waals surface area (Å²) in [6, 6.07) is 3.72. The molecule has 0 saturated carbocycles. The van der Waals surface area contributed by atoms with Crippen LogP contribution in [0.15, 0.2) is 41.9 Å². The molecule has 0 saturated heterocycles. The molecule has 0 atom stereocenters. The Bertz CT molecular complexity index is 809. The summed E-state index contributed by atoms with van der Waals surface area (Å²) in [7, 11) is 0. The number of aromatic nitrogens is 2. The number of carbonyl (C=O) groups is 1. The van der Waals surface area contributed by atoms with E-state index in [0.717, 1.165) is 6.07 Å². The fourth-order valence-corrected chi connectivity index (χ4v) is 2.18. The number of cyclic esters (lactones) is 1. The average Bonchev–Trinajstić information content (AvgIpc) is 2.61. The van der Waals surface area contributed by atoms with Gasteiger partial charge in [0.2, 0.25) is 0 Å². The van der Waals surface area contributed by atoms with Crippen LogP contribution in [0.5, 0.6) is 0 Å². The highest BCUT2D eigenvalue weighted by Gasteiger charge is 2.34. The number of rotatable bonds is 4. The summed E-state index contributed by atoms with van der Waals surface area (Å²) in [5.41, 5.74) is 2.03. The van der Waals surface area contributed by atoms with Crippen molar-refractivity contribution in [3.05, 3.63) is 53.6 Å². The second-order valence-electron chi connectivity index (χ2n) is 5.05. The van der Waals surface area contributed by atoms with Gasteiger partial charge < -0.3 is 10.1 Å². The van der Waals surface area contributed by atoms with Gasteiger partial charge in [-0.1, -0.05) is 6.07 Å². The van der Waals surface area contributed by atoms with Crippen LogP contribution in [0.1, 0.15) is 16.8 Å². The van der Waals surface area contributed by atoms with Crippen LogP contribution >= 0.6 is 0 Å². The summed E-state index contributed by atoms with van der Waals surface area (Å²) in [6.45, 7) is -0.105. The summed E-state index contributed by atoms with van der Waals surface area (Å²) < 4.78 is 44.8. The number of hydrogen-bond acceptors (Lipinski definition) is 6. The second kappa shape index (κ2) is 6.75. The van der Waals surface area contributed by atoms with E-state index in [-0.39, 0.29) is 30.1 Å². The van der Waals surface area contributed by atoms with Crippen LogP contribution < -0.4 is 10.7 Å². The molecule has 1 aliphatic heterocycles. The topological polar surface area (TPSA) is 88.5 Å². The third kappa shape index (κ3) is 4.03.